The van der Waals surface area contributed by atoms with Crippen LogP contribution in [-0.4, -0.2) is 47.9 Å². The molecule has 0 bridgehead atoms. The van der Waals surface area contributed by atoms with Crippen molar-refractivity contribution >= 4 is 21.6 Å². The Morgan fingerprint density at radius 2 is 1.95 bits per heavy atom. The molecule has 7 nitrogen and oxygen atoms in total. The molecule has 1 N–H and O–H groups in total. The minimum absolute atomic E-state index is 0.284. The number of carbonyl (C=O) groups is 1. The Labute approximate surface area is 124 Å². The number of hydrogen-bond acceptors (Lipinski definition) is 5. The van der Waals surface area contributed by atoms with Crippen LogP contribution in [0, 0.1) is 0 Å². The Morgan fingerprint density at radius 3 is 2.43 bits per heavy atom. The van der Waals surface area contributed by atoms with Crippen molar-refractivity contribution in [1.82, 2.24) is 5.32 Å². The van der Waals surface area contributed by atoms with E-state index >= 15 is 0 Å². The van der Waals surface area contributed by atoms with Crippen LogP contribution in [0.4, 0.5) is 5.69 Å². The number of hydrogen-bond donors (Lipinski definition) is 1. The van der Waals surface area contributed by atoms with E-state index in [1.54, 1.807) is 19.1 Å². The van der Waals surface area contributed by atoms with Gasteiger partial charge in [-0.3, -0.25) is 9.10 Å². The summed E-state index contributed by atoms with van der Waals surface area (Å²) in [7, 11) is -0.713. The van der Waals surface area contributed by atoms with E-state index in [2.05, 4.69) is 5.32 Å². The maximum Gasteiger partial charge on any atom is 0.240 e. The minimum atomic E-state index is -3.63. The second-order valence-corrected chi connectivity index (χ2v) is 6.17. The first kappa shape index (κ1) is 17.1. The third-order valence-electron chi connectivity index (χ3n) is 2.72. The lowest BCUT2D eigenvalue weighted by Crippen LogP contribution is -2.40. The molecule has 0 heterocycles. The van der Waals surface area contributed by atoms with E-state index in [1.165, 1.54) is 20.3 Å². The molecule has 1 aromatic carbocycles. The highest BCUT2D eigenvalue weighted by Gasteiger charge is 2.24. The number of carbonyl (C=O) groups excluding carboxylic acids is 1. The molecule has 0 aliphatic carbocycles. The first-order valence-corrected chi connectivity index (χ1v) is 8.14. The third-order valence-corrected chi connectivity index (χ3v) is 3.84. The summed E-state index contributed by atoms with van der Waals surface area (Å²) in [5.74, 6) is 0.451. The Bertz CT molecular complexity index is 601. The zero-order chi connectivity index (χ0) is 16.0. The molecular weight excluding hydrogens is 296 g/mol. The summed E-state index contributed by atoms with van der Waals surface area (Å²) in [4.78, 5) is 11.7. The van der Waals surface area contributed by atoms with Crippen molar-refractivity contribution in [1.29, 1.82) is 0 Å². The lowest BCUT2D eigenvalue weighted by Gasteiger charge is -2.24. The van der Waals surface area contributed by atoms with Gasteiger partial charge in [0.1, 0.15) is 18.0 Å². The molecule has 118 valence electrons. The average Bonchev–Trinajstić information content (AvgIpc) is 2.43. The van der Waals surface area contributed by atoms with E-state index < -0.39 is 10.0 Å². The fraction of sp³-hybridized carbons (Fsp3) is 0.462. The van der Waals surface area contributed by atoms with Crippen LogP contribution in [0.1, 0.15) is 6.92 Å². The van der Waals surface area contributed by atoms with Gasteiger partial charge in [-0.25, -0.2) is 8.42 Å². The van der Waals surface area contributed by atoms with Crippen LogP contribution < -0.4 is 19.1 Å². The fourth-order valence-electron chi connectivity index (χ4n) is 1.76. The number of amides is 1. The first-order chi connectivity index (χ1) is 9.83. The quantitative estimate of drug-likeness (QED) is 0.796. The average molecular weight is 316 g/mol. The number of nitrogens with one attached hydrogen (secondary N) is 1. The zero-order valence-electron chi connectivity index (χ0n) is 12.5. The van der Waals surface area contributed by atoms with Crippen LogP contribution in [-0.2, 0) is 14.8 Å². The molecule has 0 atom stereocenters. The number of nitrogens with zero attached hydrogens (tertiary/aromatic N) is 1. The molecule has 1 aromatic rings. The van der Waals surface area contributed by atoms with Gasteiger partial charge in [-0.1, -0.05) is 0 Å². The summed E-state index contributed by atoms with van der Waals surface area (Å²) in [6, 6.07) is 4.71. The standard InChI is InChI=1S/C13H20N2O5S/c1-5-14-13(16)9-15(21(4,17)18)11-7-6-10(19-2)8-12(11)20-3/h6-8H,5,9H2,1-4H3,(H,14,16). The topological polar surface area (TPSA) is 84.9 Å². The molecule has 0 saturated heterocycles. The van der Waals surface area contributed by atoms with E-state index in [-0.39, 0.29) is 18.1 Å². The molecule has 21 heavy (non-hydrogen) atoms. The van der Waals surface area contributed by atoms with Crippen molar-refractivity contribution in [2.45, 2.75) is 6.92 Å². The summed E-state index contributed by atoms with van der Waals surface area (Å²) in [5.41, 5.74) is 0.284. The zero-order valence-corrected chi connectivity index (χ0v) is 13.4. The van der Waals surface area contributed by atoms with Crippen LogP contribution >= 0.6 is 0 Å². The van der Waals surface area contributed by atoms with Gasteiger partial charge in [0.2, 0.25) is 15.9 Å². The number of ether oxygens (including phenoxy) is 2. The van der Waals surface area contributed by atoms with Gasteiger partial charge in [-0.15, -0.1) is 0 Å². The lowest BCUT2D eigenvalue weighted by molar-refractivity contribution is -0.119. The lowest BCUT2D eigenvalue weighted by atomic mass is 10.2. The van der Waals surface area contributed by atoms with E-state index in [0.29, 0.717) is 18.0 Å². The maximum absolute atomic E-state index is 12.0. The van der Waals surface area contributed by atoms with Crippen molar-refractivity contribution < 1.29 is 22.7 Å². The largest absolute Gasteiger partial charge is 0.497 e. The molecule has 1 rings (SSSR count). The van der Waals surface area contributed by atoms with Crippen molar-refractivity contribution in [3.8, 4) is 11.5 Å². The number of methoxy groups -OCH3 is 2. The van der Waals surface area contributed by atoms with Crippen LogP contribution in [0.25, 0.3) is 0 Å². The highest BCUT2D eigenvalue weighted by molar-refractivity contribution is 7.92. The van der Waals surface area contributed by atoms with Crippen LogP contribution in [0.2, 0.25) is 0 Å². The monoisotopic (exact) mass is 316 g/mol. The molecule has 0 radical (unpaired) electrons. The number of benzene rings is 1. The molecule has 0 aliphatic heterocycles. The number of rotatable bonds is 7. The highest BCUT2D eigenvalue weighted by Crippen LogP contribution is 2.33. The Balaban J connectivity index is 3.24. The molecule has 1 amide bonds. The van der Waals surface area contributed by atoms with Crippen molar-refractivity contribution in [2.24, 2.45) is 0 Å². The van der Waals surface area contributed by atoms with E-state index in [4.69, 9.17) is 9.47 Å². The van der Waals surface area contributed by atoms with Crippen LogP contribution in [0.15, 0.2) is 18.2 Å². The normalized spacial score (nSPS) is 10.9. The van der Waals surface area contributed by atoms with Crippen molar-refractivity contribution in [2.75, 3.05) is 37.9 Å². The first-order valence-electron chi connectivity index (χ1n) is 6.30. The van der Waals surface area contributed by atoms with E-state index in [1.807, 2.05) is 0 Å². The second kappa shape index (κ2) is 7.16. The maximum atomic E-state index is 12.0. The van der Waals surface area contributed by atoms with Crippen molar-refractivity contribution in [3.63, 3.8) is 0 Å². The summed E-state index contributed by atoms with van der Waals surface area (Å²) in [6.45, 7) is 1.88. The van der Waals surface area contributed by atoms with Gasteiger partial charge in [0, 0.05) is 12.6 Å². The van der Waals surface area contributed by atoms with Crippen molar-refractivity contribution in [3.05, 3.63) is 18.2 Å². The molecule has 0 saturated carbocycles. The molecule has 8 heteroatoms. The smallest absolute Gasteiger partial charge is 0.240 e. The summed E-state index contributed by atoms with van der Waals surface area (Å²) in [6.07, 6.45) is 1.04. The summed E-state index contributed by atoms with van der Waals surface area (Å²) >= 11 is 0. The number of likely N-dealkylation sites (N-methyl/N-ethyl adjacent to an activating group) is 1. The Kier molecular flexibility index (Phi) is 5.83. The molecule has 0 spiro atoms. The molecule has 0 fully saturated rings. The third kappa shape index (κ3) is 4.52. The minimum Gasteiger partial charge on any atom is -0.497 e. The number of sulfonamides is 1. The second-order valence-electron chi connectivity index (χ2n) is 4.26. The fourth-order valence-corrected chi connectivity index (χ4v) is 2.62. The molecular formula is C13H20N2O5S. The Morgan fingerprint density at radius 1 is 1.29 bits per heavy atom. The predicted octanol–water partition coefficient (Wildman–Crippen LogP) is 0.606. The van der Waals surface area contributed by atoms with Gasteiger partial charge in [0.25, 0.3) is 0 Å². The number of anilines is 1. The Hall–Kier alpha value is -1.96. The van der Waals surface area contributed by atoms with Crippen LogP contribution in [0.3, 0.4) is 0 Å². The van der Waals surface area contributed by atoms with Gasteiger partial charge in [-0.05, 0) is 19.1 Å². The molecule has 0 unspecified atom stereocenters. The van der Waals surface area contributed by atoms with Gasteiger partial charge in [-0.2, -0.15) is 0 Å². The summed E-state index contributed by atoms with van der Waals surface area (Å²) < 4.78 is 35.2. The van der Waals surface area contributed by atoms with Gasteiger partial charge in [0.15, 0.2) is 0 Å². The van der Waals surface area contributed by atoms with E-state index in [9.17, 15) is 13.2 Å². The van der Waals surface area contributed by atoms with E-state index in [0.717, 1.165) is 10.6 Å². The van der Waals surface area contributed by atoms with Gasteiger partial charge < -0.3 is 14.8 Å². The van der Waals surface area contributed by atoms with Gasteiger partial charge in [0.05, 0.1) is 26.2 Å². The SMILES string of the molecule is CCNC(=O)CN(c1ccc(OC)cc1OC)S(C)(=O)=O. The molecule has 0 aromatic heterocycles. The highest BCUT2D eigenvalue weighted by atomic mass is 32.2. The molecule has 0 aliphatic rings. The van der Waals surface area contributed by atoms with Gasteiger partial charge >= 0.3 is 0 Å². The summed E-state index contributed by atoms with van der Waals surface area (Å²) in [5, 5.41) is 2.57. The van der Waals surface area contributed by atoms with Crippen LogP contribution in [0.5, 0.6) is 11.5 Å². The predicted molar refractivity (Wildman–Crippen MR) is 80.4 cm³/mol.